The predicted octanol–water partition coefficient (Wildman–Crippen LogP) is 5.37. The van der Waals surface area contributed by atoms with Crippen LogP contribution in [0.1, 0.15) is 21.9 Å². The molecule has 1 atom stereocenters. The number of fused-ring (bicyclic) bond motifs is 2. The van der Waals surface area contributed by atoms with Crippen molar-refractivity contribution < 1.29 is 0 Å². The lowest BCUT2D eigenvalue weighted by atomic mass is 9.88. The van der Waals surface area contributed by atoms with Crippen LogP contribution in [0.4, 0.5) is 5.69 Å². The summed E-state index contributed by atoms with van der Waals surface area (Å²) in [6, 6.07) is 18.1. The van der Waals surface area contributed by atoms with E-state index < -0.39 is 0 Å². The molecule has 0 spiro atoms. The quantitative estimate of drug-likeness (QED) is 0.608. The smallest absolute Gasteiger partial charge is 0.0412 e. The summed E-state index contributed by atoms with van der Waals surface area (Å²) < 4.78 is 1.39. The van der Waals surface area contributed by atoms with Crippen molar-refractivity contribution in [2.45, 2.75) is 12.5 Å². The van der Waals surface area contributed by atoms with Gasteiger partial charge < -0.3 is 9.80 Å². The Labute approximate surface area is 158 Å². The monoisotopic (exact) mass is 358 g/mol. The average molecular weight is 359 g/mol. The molecule has 0 amide bonds. The molecule has 0 N–H and O–H groups in total. The molecule has 3 aromatic rings. The highest BCUT2D eigenvalue weighted by Crippen LogP contribution is 2.40. The molecular formula is C23H22N2S. The molecular weight excluding hydrogens is 336 g/mol. The second kappa shape index (κ2) is 6.42. The van der Waals surface area contributed by atoms with E-state index in [0.717, 1.165) is 19.6 Å². The Bertz CT molecular complexity index is 981. The van der Waals surface area contributed by atoms with Gasteiger partial charge in [0.05, 0.1) is 0 Å². The van der Waals surface area contributed by atoms with E-state index >= 15 is 0 Å². The van der Waals surface area contributed by atoms with Crippen LogP contribution in [-0.2, 0) is 6.54 Å². The molecule has 0 radical (unpaired) electrons. The number of thiophene rings is 1. The second-order valence-corrected chi connectivity index (χ2v) is 8.36. The van der Waals surface area contributed by atoms with Crippen molar-refractivity contribution in [1.82, 2.24) is 4.90 Å². The molecule has 0 fully saturated rings. The van der Waals surface area contributed by atoms with Gasteiger partial charge in [-0.15, -0.1) is 11.3 Å². The number of likely N-dealkylation sites (N-methyl/N-ethyl adjacent to an activating group) is 1. The first-order chi connectivity index (χ1) is 12.8. The third-order valence-corrected chi connectivity index (χ3v) is 6.60. The zero-order chi connectivity index (χ0) is 17.5. The van der Waals surface area contributed by atoms with Crippen LogP contribution in [0.5, 0.6) is 0 Å². The minimum absolute atomic E-state index is 0.465. The van der Waals surface area contributed by atoms with E-state index in [2.05, 4.69) is 89.8 Å². The van der Waals surface area contributed by atoms with Crippen molar-refractivity contribution in [3.05, 3.63) is 89.0 Å². The summed E-state index contributed by atoms with van der Waals surface area (Å²) in [5.74, 6) is 0.465. The number of hydrogen-bond donors (Lipinski definition) is 0. The van der Waals surface area contributed by atoms with Gasteiger partial charge in [-0.1, -0.05) is 36.4 Å². The van der Waals surface area contributed by atoms with E-state index in [1.54, 1.807) is 0 Å². The van der Waals surface area contributed by atoms with Crippen LogP contribution < -0.4 is 4.90 Å². The van der Waals surface area contributed by atoms with Gasteiger partial charge in [-0.25, -0.2) is 0 Å². The average Bonchev–Trinajstić information content (AvgIpc) is 3.11. The Morgan fingerprint density at radius 2 is 1.96 bits per heavy atom. The zero-order valence-electron chi connectivity index (χ0n) is 14.9. The molecule has 130 valence electrons. The van der Waals surface area contributed by atoms with Crippen LogP contribution in [0.2, 0.25) is 0 Å². The molecule has 3 heterocycles. The Morgan fingerprint density at radius 3 is 2.81 bits per heavy atom. The molecule has 1 aromatic heterocycles. The Kier molecular flexibility index (Phi) is 3.92. The molecule has 0 saturated heterocycles. The summed E-state index contributed by atoms with van der Waals surface area (Å²) in [6.07, 6.45) is 8.58. The number of benzene rings is 2. The van der Waals surface area contributed by atoms with E-state index in [0.29, 0.717) is 5.92 Å². The van der Waals surface area contributed by atoms with E-state index in [-0.39, 0.29) is 0 Å². The van der Waals surface area contributed by atoms with Gasteiger partial charge in [0.1, 0.15) is 0 Å². The summed E-state index contributed by atoms with van der Waals surface area (Å²) in [5, 5.41) is 1.36. The van der Waals surface area contributed by atoms with E-state index in [1.807, 2.05) is 11.3 Å². The van der Waals surface area contributed by atoms with Crippen molar-refractivity contribution in [1.29, 1.82) is 0 Å². The molecule has 0 bridgehead atoms. The second-order valence-electron chi connectivity index (χ2n) is 7.24. The molecule has 26 heavy (non-hydrogen) atoms. The van der Waals surface area contributed by atoms with E-state index in [1.165, 1.54) is 31.8 Å². The lowest BCUT2D eigenvalue weighted by Crippen LogP contribution is -2.31. The molecule has 0 saturated carbocycles. The highest BCUT2D eigenvalue weighted by molar-refractivity contribution is 7.19. The lowest BCUT2D eigenvalue weighted by molar-refractivity contribution is 0.296. The molecule has 2 aliphatic heterocycles. The van der Waals surface area contributed by atoms with Gasteiger partial charge in [0.25, 0.3) is 0 Å². The molecule has 5 rings (SSSR count). The van der Waals surface area contributed by atoms with Crippen LogP contribution in [0.3, 0.4) is 0 Å². The van der Waals surface area contributed by atoms with Gasteiger partial charge in [-0.2, -0.15) is 0 Å². The maximum absolute atomic E-state index is 2.45. The van der Waals surface area contributed by atoms with Gasteiger partial charge in [0.15, 0.2) is 0 Å². The van der Waals surface area contributed by atoms with E-state index in [9.17, 15) is 0 Å². The normalized spacial score (nSPS) is 19.9. The molecule has 1 unspecified atom stereocenters. The summed E-state index contributed by atoms with van der Waals surface area (Å²) in [5.41, 5.74) is 4.24. The first-order valence-electron chi connectivity index (χ1n) is 9.18. The molecule has 2 aromatic carbocycles. The summed E-state index contributed by atoms with van der Waals surface area (Å²) in [7, 11) is 2.24. The minimum atomic E-state index is 0.465. The lowest BCUT2D eigenvalue weighted by Gasteiger charge is -2.33. The first kappa shape index (κ1) is 15.9. The fourth-order valence-corrected chi connectivity index (χ4v) is 5.26. The van der Waals surface area contributed by atoms with E-state index in [4.69, 9.17) is 0 Å². The number of anilines is 1. The first-order valence-corrected chi connectivity index (χ1v) is 9.99. The van der Waals surface area contributed by atoms with Crippen molar-refractivity contribution >= 4 is 27.1 Å². The van der Waals surface area contributed by atoms with Gasteiger partial charge >= 0.3 is 0 Å². The van der Waals surface area contributed by atoms with Crippen LogP contribution >= 0.6 is 11.3 Å². The highest BCUT2D eigenvalue weighted by atomic mass is 32.1. The van der Waals surface area contributed by atoms with Crippen LogP contribution in [0, 0.1) is 0 Å². The zero-order valence-corrected chi connectivity index (χ0v) is 15.7. The molecule has 0 aliphatic carbocycles. The number of hydrogen-bond acceptors (Lipinski definition) is 3. The maximum atomic E-state index is 2.45. The third-order valence-electron chi connectivity index (χ3n) is 5.37. The van der Waals surface area contributed by atoms with Gasteiger partial charge in [0, 0.05) is 47.0 Å². The summed E-state index contributed by atoms with van der Waals surface area (Å²) >= 11 is 1.94. The topological polar surface area (TPSA) is 6.48 Å². The summed E-state index contributed by atoms with van der Waals surface area (Å²) in [4.78, 5) is 6.24. The fraction of sp³-hybridized carbons (Fsp3) is 0.217. The van der Waals surface area contributed by atoms with Gasteiger partial charge in [-0.3, -0.25) is 0 Å². The van der Waals surface area contributed by atoms with Crippen molar-refractivity contribution in [3.63, 3.8) is 0 Å². The summed E-state index contributed by atoms with van der Waals surface area (Å²) in [6.45, 7) is 3.06. The fourth-order valence-electron chi connectivity index (χ4n) is 4.09. The number of rotatable bonds is 2. The predicted molar refractivity (Wildman–Crippen MR) is 112 cm³/mol. The maximum Gasteiger partial charge on any atom is 0.0412 e. The van der Waals surface area contributed by atoms with Crippen LogP contribution in [-0.4, -0.2) is 25.0 Å². The van der Waals surface area contributed by atoms with Gasteiger partial charge in [-0.05, 0) is 53.9 Å². The van der Waals surface area contributed by atoms with Crippen LogP contribution in [0.15, 0.2) is 73.0 Å². The molecule has 2 aliphatic rings. The minimum Gasteiger partial charge on any atom is -0.344 e. The van der Waals surface area contributed by atoms with Crippen molar-refractivity contribution in [3.8, 4) is 0 Å². The molecule has 3 heteroatoms. The van der Waals surface area contributed by atoms with Gasteiger partial charge in [0.2, 0.25) is 0 Å². The Morgan fingerprint density at radius 1 is 1.04 bits per heavy atom. The van der Waals surface area contributed by atoms with Crippen LogP contribution in [0.25, 0.3) is 10.1 Å². The molecule has 2 nitrogen and oxygen atoms in total. The highest BCUT2D eigenvalue weighted by Gasteiger charge is 2.26. The van der Waals surface area contributed by atoms with Crippen molar-refractivity contribution in [2.75, 3.05) is 25.0 Å². The Hall–Kier alpha value is -2.36. The number of nitrogens with zero attached hydrogens (tertiary/aromatic N) is 2. The SMILES string of the molecule is CN1Cc2cc(N3C=CC=CC3)ccc2C(c2cc3ccccc3s2)C1. The van der Waals surface area contributed by atoms with Crippen molar-refractivity contribution in [2.24, 2.45) is 0 Å². The Balaban J connectivity index is 1.55. The number of allylic oxidation sites excluding steroid dienone is 2. The standard InChI is InChI=1S/C23H22N2S/c1-24-15-18-13-19(25-11-5-2-6-12-25)9-10-20(18)21(16-24)23-14-17-7-3-4-8-22(17)26-23/h2-11,13-14,21H,12,15-16H2,1H3. The third kappa shape index (κ3) is 2.77. The largest absolute Gasteiger partial charge is 0.344 e.